The normalized spacial score (nSPS) is 15.5. The number of halogens is 1. The number of aromatic nitrogens is 2. The Balaban J connectivity index is 1.87. The van der Waals surface area contributed by atoms with Crippen molar-refractivity contribution in [3.8, 4) is 0 Å². The maximum absolute atomic E-state index is 6.30. The van der Waals surface area contributed by atoms with Crippen molar-refractivity contribution < 1.29 is 0 Å². The highest BCUT2D eigenvalue weighted by atomic mass is 35.5. The number of hydrogen-bond donors (Lipinski definition) is 1. The van der Waals surface area contributed by atoms with E-state index in [1.54, 1.807) is 0 Å². The number of H-pyrrole nitrogens is 1. The van der Waals surface area contributed by atoms with Crippen molar-refractivity contribution in [3.63, 3.8) is 0 Å². The Morgan fingerprint density at radius 2 is 2.26 bits per heavy atom. The molecule has 0 unspecified atom stereocenters. The largest absolute Gasteiger partial charge is 0.331 e. The first-order valence-corrected chi connectivity index (χ1v) is 7.60. The average molecular weight is 296 g/mol. The van der Waals surface area contributed by atoms with Crippen LogP contribution in [0.2, 0.25) is 5.02 Å². The lowest BCUT2D eigenvalue weighted by molar-refractivity contribution is 0.267. The van der Waals surface area contributed by atoms with Gasteiger partial charge in [-0.25, -0.2) is 0 Å². The highest BCUT2D eigenvalue weighted by Gasteiger charge is 2.27. The molecule has 0 amide bonds. The van der Waals surface area contributed by atoms with Crippen molar-refractivity contribution in [2.24, 2.45) is 0 Å². The summed E-state index contributed by atoms with van der Waals surface area (Å²) in [4.78, 5) is 5.75. The van der Waals surface area contributed by atoms with Gasteiger partial charge >= 0.3 is 0 Å². The molecule has 1 N–H and O–H groups in total. The quantitative estimate of drug-likeness (QED) is 0.848. The number of benzene rings is 1. The van der Waals surface area contributed by atoms with Crippen LogP contribution in [0.3, 0.4) is 0 Å². The standard InChI is InChI=1S/C14H18ClN3S/c1-2-17(10-6-7-10)8-9-18-13-11(15)4-3-5-12(13)16-14(18)19/h3-5,10H,2,6-9H2,1H3,(H,16,19). The maximum atomic E-state index is 6.30. The molecule has 2 aromatic rings. The zero-order valence-corrected chi connectivity index (χ0v) is 12.6. The molecule has 1 heterocycles. The molecule has 3 rings (SSSR count). The van der Waals surface area contributed by atoms with Crippen LogP contribution >= 0.6 is 23.8 Å². The van der Waals surface area contributed by atoms with Crippen LogP contribution in [0.1, 0.15) is 19.8 Å². The first-order chi connectivity index (χ1) is 9.20. The number of nitrogens with zero attached hydrogens (tertiary/aromatic N) is 2. The molecule has 1 saturated carbocycles. The van der Waals surface area contributed by atoms with Gasteiger partial charge in [0.15, 0.2) is 4.77 Å². The minimum Gasteiger partial charge on any atom is -0.331 e. The van der Waals surface area contributed by atoms with Crippen LogP contribution in [0, 0.1) is 4.77 Å². The Kier molecular flexibility index (Phi) is 3.65. The molecule has 0 spiro atoms. The summed E-state index contributed by atoms with van der Waals surface area (Å²) in [5, 5.41) is 0.763. The summed E-state index contributed by atoms with van der Waals surface area (Å²) < 4.78 is 2.88. The van der Waals surface area contributed by atoms with Crippen LogP contribution in [-0.2, 0) is 6.54 Å². The van der Waals surface area contributed by atoms with Gasteiger partial charge in [0.2, 0.25) is 0 Å². The summed E-state index contributed by atoms with van der Waals surface area (Å²) in [5.41, 5.74) is 2.05. The molecule has 5 heteroatoms. The van der Waals surface area contributed by atoms with Crippen LogP contribution in [0.15, 0.2) is 18.2 Å². The second-order valence-electron chi connectivity index (χ2n) is 5.08. The van der Waals surface area contributed by atoms with Gasteiger partial charge in [-0.05, 0) is 43.7 Å². The Morgan fingerprint density at radius 3 is 2.95 bits per heavy atom. The minimum atomic E-state index is 0.759. The molecule has 1 aliphatic carbocycles. The predicted molar refractivity (Wildman–Crippen MR) is 82.4 cm³/mol. The van der Waals surface area contributed by atoms with Crippen molar-refractivity contribution in [1.82, 2.24) is 14.5 Å². The lowest BCUT2D eigenvalue weighted by Crippen LogP contribution is -2.29. The van der Waals surface area contributed by atoms with Crippen LogP contribution in [0.4, 0.5) is 0 Å². The van der Waals surface area contributed by atoms with Gasteiger partial charge < -0.3 is 9.55 Å². The first-order valence-electron chi connectivity index (χ1n) is 6.81. The molecule has 19 heavy (non-hydrogen) atoms. The fourth-order valence-corrected chi connectivity index (χ4v) is 3.22. The molecular weight excluding hydrogens is 278 g/mol. The fraction of sp³-hybridized carbons (Fsp3) is 0.500. The molecule has 1 aliphatic rings. The zero-order valence-electron chi connectivity index (χ0n) is 11.0. The second kappa shape index (κ2) is 5.27. The Morgan fingerprint density at radius 1 is 1.47 bits per heavy atom. The monoisotopic (exact) mass is 295 g/mol. The van der Waals surface area contributed by atoms with Crippen molar-refractivity contribution >= 4 is 34.9 Å². The Bertz CT molecular complexity index is 642. The van der Waals surface area contributed by atoms with Gasteiger partial charge in [0.1, 0.15) is 0 Å². The Hall–Kier alpha value is -0.840. The summed E-state index contributed by atoms with van der Waals surface area (Å²) in [6, 6.07) is 6.68. The number of aromatic amines is 1. The summed E-state index contributed by atoms with van der Waals surface area (Å²) in [5.74, 6) is 0. The predicted octanol–water partition coefficient (Wildman–Crippen LogP) is 3.84. The topological polar surface area (TPSA) is 24.0 Å². The van der Waals surface area contributed by atoms with E-state index in [1.165, 1.54) is 12.8 Å². The molecule has 0 aliphatic heterocycles. The summed E-state index contributed by atoms with van der Waals surface area (Å²) >= 11 is 11.7. The summed E-state index contributed by atoms with van der Waals surface area (Å²) in [6.45, 7) is 5.26. The molecule has 1 fully saturated rings. The molecule has 0 radical (unpaired) electrons. The number of hydrogen-bond acceptors (Lipinski definition) is 2. The fourth-order valence-electron chi connectivity index (χ4n) is 2.66. The van der Waals surface area contributed by atoms with Gasteiger partial charge in [-0.15, -0.1) is 0 Å². The minimum absolute atomic E-state index is 0.759. The third-order valence-corrected chi connectivity index (χ3v) is 4.45. The van der Waals surface area contributed by atoms with Crippen LogP contribution in [-0.4, -0.2) is 33.6 Å². The van der Waals surface area contributed by atoms with Gasteiger partial charge in [0.05, 0.1) is 16.1 Å². The van der Waals surface area contributed by atoms with Gasteiger partial charge in [-0.3, -0.25) is 4.90 Å². The number of fused-ring (bicyclic) bond motifs is 1. The maximum Gasteiger partial charge on any atom is 0.178 e. The smallest absolute Gasteiger partial charge is 0.178 e. The van der Waals surface area contributed by atoms with E-state index in [-0.39, 0.29) is 0 Å². The van der Waals surface area contributed by atoms with E-state index in [4.69, 9.17) is 23.8 Å². The van der Waals surface area contributed by atoms with Crippen molar-refractivity contribution in [1.29, 1.82) is 0 Å². The molecule has 1 aromatic carbocycles. The number of nitrogens with one attached hydrogen (secondary N) is 1. The lowest BCUT2D eigenvalue weighted by atomic mass is 10.3. The van der Waals surface area contributed by atoms with Crippen LogP contribution in [0.5, 0.6) is 0 Å². The molecular formula is C14H18ClN3S. The molecule has 102 valence electrons. The van der Waals surface area contributed by atoms with E-state index in [2.05, 4.69) is 21.4 Å². The zero-order chi connectivity index (χ0) is 13.4. The van der Waals surface area contributed by atoms with Gasteiger partial charge in [0.25, 0.3) is 0 Å². The molecule has 0 bridgehead atoms. The first kappa shape index (κ1) is 13.2. The van der Waals surface area contributed by atoms with Crippen molar-refractivity contribution in [2.75, 3.05) is 13.1 Å². The number of rotatable bonds is 5. The third kappa shape index (κ3) is 2.57. The summed E-state index contributed by atoms with van der Waals surface area (Å²) in [7, 11) is 0. The highest BCUT2D eigenvalue weighted by Crippen LogP contribution is 2.27. The van der Waals surface area contributed by atoms with E-state index in [0.717, 1.165) is 46.5 Å². The number of para-hydroxylation sites is 1. The number of likely N-dealkylation sites (N-methyl/N-ethyl adjacent to an activating group) is 1. The van der Waals surface area contributed by atoms with Crippen LogP contribution < -0.4 is 0 Å². The van der Waals surface area contributed by atoms with E-state index in [1.807, 2.05) is 18.2 Å². The highest BCUT2D eigenvalue weighted by molar-refractivity contribution is 7.71. The SMILES string of the molecule is CCN(CCn1c(=S)[nH]c2cccc(Cl)c21)C1CC1. The van der Waals surface area contributed by atoms with Gasteiger partial charge in [-0.2, -0.15) is 0 Å². The second-order valence-corrected chi connectivity index (χ2v) is 5.87. The molecule has 0 atom stereocenters. The Labute approximate surface area is 123 Å². The van der Waals surface area contributed by atoms with E-state index in [9.17, 15) is 0 Å². The lowest BCUT2D eigenvalue weighted by Gasteiger charge is -2.20. The van der Waals surface area contributed by atoms with Crippen molar-refractivity contribution in [2.45, 2.75) is 32.4 Å². The molecule has 1 aromatic heterocycles. The third-order valence-electron chi connectivity index (χ3n) is 3.82. The molecule has 0 saturated heterocycles. The van der Waals surface area contributed by atoms with Gasteiger partial charge in [0, 0.05) is 19.1 Å². The van der Waals surface area contributed by atoms with Crippen molar-refractivity contribution in [3.05, 3.63) is 28.0 Å². The van der Waals surface area contributed by atoms with Gasteiger partial charge in [-0.1, -0.05) is 24.6 Å². The molecule has 3 nitrogen and oxygen atoms in total. The summed E-state index contributed by atoms with van der Waals surface area (Å²) in [6.07, 6.45) is 2.68. The van der Waals surface area contributed by atoms with Crippen LogP contribution in [0.25, 0.3) is 11.0 Å². The average Bonchev–Trinajstić information content (AvgIpc) is 3.16. The van der Waals surface area contributed by atoms with E-state index >= 15 is 0 Å². The van der Waals surface area contributed by atoms with E-state index in [0.29, 0.717) is 0 Å². The number of imidazole rings is 1. The van der Waals surface area contributed by atoms with E-state index < -0.39 is 0 Å².